The predicted molar refractivity (Wildman–Crippen MR) is 161 cm³/mol. The number of amides is 2. The summed E-state index contributed by atoms with van der Waals surface area (Å²) >= 11 is 0. The number of ether oxygens (including phenoxy) is 1. The maximum Gasteiger partial charge on any atom is 0.251 e. The summed E-state index contributed by atoms with van der Waals surface area (Å²) < 4.78 is 21.6. The molecular formula is C33H36FN5O5. The Morgan fingerprint density at radius 3 is 2.50 bits per heavy atom. The van der Waals surface area contributed by atoms with Gasteiger partial charge < -0.3 is 25.6 Å². The molecule has 6 rings (SSSR count). The summed E-state index contributed by atoms with van der Waals surface area (Å²) in [5, 5.41) is 33.3. The van der Waals surface area contributed by atoms with Crippen LogP contribution in [0.25, 0.3) is 22.2 Å². The average Bonchev–Trinajstić information content (AvgIpc) is 3.70. The van der Waals surface area contributed by atoms with Crippen LogP contribution in [0.15, 0.2) is 54.7 Å². The Morgan fingerprint density at radius 1 is 1.09 bits per heavy atom. The van der Waals surface area contributed by atoms with Gasteiger partial charge in [-0.15, -0.1) is 0 Å². The number of hydrogen-bond donors (Lipinski definition) is 4. The van der Waals surface area contributed by atoms with Crippen LogP contribution in [0.2, 0.25) is 0 Å². The molecule has 1 saturated carbocycles. The van der Waals surface area contributed by atoms with E-state index in [4.69, 9.17) is 9.72 Å². The van der Waals surface area contributed by atoms with Gasteiger partial charge in [-0.3, -0.25) is 14.3 Å². The first-order valence-corrected chi connectivity index (χ1v) is 14.7. The van der Waals surface area contributed by atoms with Crippen molar-refractivity contribution in [3.05, 3.63) is 77.4 Å². The molecule has 1 fully saturated rings. The van der Waals surface area contributed by atoms with Crippen LogP contribution in [-0.2, 0) is 22.9 Å². The molecule has 11 heteroatoms. The topological polar surface area (TPSA) is 139 Å². The molecule has 0 saturated heterocycles. The monoisotopic (exact) mass is 601 g/mol. The van der Waals surface area contributed by atoms with Gasteiger partial charge in [0.15, 0.2) is 0 Å². The number of fused-ring (bicyclic) bond motifs is 2. The lowest BCUT2D eigenvalue weighted by molar-refractivity contribution is -0.127. The number of benzene rings is 2. The van der Waals surface area contributed by atoms with Crippen molar-refractivity contribution >= 4 is 22.7 Å². The van der Waals surface area contributed by atoms with Crippen molar-refractivity contribution in [2.45, 2.75) is 50.2 Å². The summed E-state index contributed by atoms with van der Waals surface area (Å²) in [6.45, 7) is 4.86. The third-order valence-electron chi connectivity index (χ3n) is 8.47. The quantitative estimate of drug-likeness (QED) is 0.231. The highest BCUT2D eigenvalue weighted by molar-refractivity contribution is 5.98. The Bertz CT molecular complexity index is 1760. The highest BCUT2D eigenvalue weighted by Crippen LogP contribution is 2.50. The minimum absolute atomic E-state index is 0.00870. The van der Waals surface area contributed by atoms with E-state index in [-0.39, 0.29) is 43.1 Å². The number of hydrogen-bond acceptors (Lipinski definition) is 7. The predicted octanol–water partition coefficient (Wildman–Crippen LogP) is 3.34. The zero-order valence-electron chi connectivity index (χ0n) is 25.1. The number of rotatable bonds is 9. The number of carbonyl (C=O) groups is 2. The van der Waals surface area contributed by atoms with Crippen LogP contribution in [0.4, 0.5) is 4.39 Å². The molecule has 2 amide bonds. The number of aryl methyl sites for hydroxylation is 1. The van der Waals surface area contributed by atoms with Crippen molar-refractivity contribution in [1.29, 1.82) is 0 Å². The van der Waals surface area contributed by atoms with Crippen LogP contribution >= 0.6 is 0 Å². The molecule has 2 aromatic carbocycles. The minimum Gasteiger partial charge on any atom is -0.489 e. The number of nitrogens with zero attached hydrogens (tertiary/aromatic N) is 3. The van der Waals surface area contributed by atoms with Crippen molar-refractivity contribution in [2.75, 3.05) is 19.7 Å². The van der Waals surface area contributed by atoms with E-state index >= 15 is 0 Å². The van der Waals surface area contributed by atoms with Gasteiger partial charge in [-0.1, -0.05) is 0 Å². The summed E-state index contributed by atoms with van der Waals surface area (Å²) in [4.78, 5) is 31.7. The van der Waals surface area contributed by atoms with Gasteiger partial charge in [-0.05, 0) is 88.1 Å². The first-order chi connectivity index (χ1) is 20.8. The SMILES string of the molecule is Cn1cc2cc(C(=O)NC[C@](O)(c3cc4c(c(-c5ccc(F)cc5)n3)OC[C@]4(C)C(=O)NCC(C)(C)O)C3CC3)ccc2n1. The first kappa shape index (κ1) is 29.7. The van der Waals surface area contributed by atoms with Crippen molar-refractivity contribution in [2.24, 2.45) is 13.0 Å². The Morgan fingerprint density at radius 2 is 1.82 bits per heavy atom. The number of carbonyl (C=O) groups excluding carboxylic acids is 2. The molecule has 2 atom stereocenters. The minimum atomic E-state index is -1.55. The fraction of sp³-hybridized carbons (Fsp3) is 0.394. The molecule has 3 heterocycles. The lowest BCUT2D eigenvalue weighted by Gasteiger charge is -2.30. The van der Waals surface area contributed by atoms with Crippen LogP contribution in [0.1, 0.15) is 55.2 Å². The van der Waals surface area contributed by atoms with Gasteiger partial charge in [0.1, 0.15) is 34.9 Å². The molecule has 0 unspecified atom stereocenters. The van der Waals surface area contributed by atoms with Crippen molar-refractivity contribution in [3.8, 4) is 17.0 Å². The van der Waals surface area contributed by atoms with Gasteiger partial charge in [-0.25, -0.2) is 9.37 Å². The molecular weight excluding hydrogens is 565 g/mol. The van der Waals surface area contributed by atoms with Crippen LogP contribution in [0.3, 0.4) is 0 Å². The second-order valence-corrected chi connectivity index (χ2v) is 12.8. The van der Waals surface area contributed by atoms with Crippen molar-refractivity contribution < 1.29 is 28.9 Å². The highest BCUT2D eigenvalue weighted by atomic mass is 19.1. The molecule has 2 aromatic heterocycles. The summed E-state index contributed by atoms with van der Waals surface area (Å²) in [6, 6.07) is 12.7. The normalized spacial score (nSPS) is 19.2. The van der Waals surface area contributed by atoms with E-state index < -0.39 is 22.4 Å². The summed E-state index contributed by atoms with van der Waals surface area (Å²) in [5.74, 6) is -0.926. The van der Waals surface area contributed by atoms with Crippen molar-refractivity contribution in [1.82, 2.24) is 25.4 Å². The molecule has 0 spiro atoms. The van der Waals surface area contributed by atoms with E-state index in [0.717, 1.165) is 23.7 Å². The van der Waals surface area contributed by atoms with E-state index in [1.165, 1.54) is 12.1 Å². The van der Waals surface area contributed by atoms with Gasteiger partial charge in [-0.2, -0.15) is 5.10 Å². The number of pyridine rings is 1. The van der Waals surface area contributed by atoms with Gasteiger partial charge in [0.05, 0.1) is 23.4 Å². The molecule has 230 valence electrons. The Balaban J connectivity index is 1.38. The van der Waals surface area contributed by atoms with Crippen LogP contribution in [0.5, 0.6) is 5.75 Å². The fourth-order valence-electron chi connectivity index (χ4n) is 5.70. The fourth-order valence-corrected chi connectivity index (χ4v) is 5.70. The lowest BCUT2D eigenvalue weighted by Crippen LogP contribution is -2.48. The van der Waals surface area contributed by atoms with E-state index in [1.807, 2.05) is 13.2 Å². The lowest BCUT2D eigenvalue weighted by atomic mass is 9.80. The first-order valence-electron chi connectivity index (χ1n) is 14.7. The second-order valence-electron chi connectivity index (χ2n) is 12.8. The standard InChI is InChI=1S/C33H36FN5O5/c1-31(2,42)16-36-30(41)32(3)18-44-28-24(32)14-26(37-27(28)19-5-10-23(34)11-6-19)33(43,22-8-9-22)17-35-29(40)20-7-12-25-21(13-20)15-39(4)38-25/h5-7,10-15,22,42-43H,8-9,16-18H2,1-4H3,(H,35,40)(H,36,41)/t32-,33+/m0/s1. The van der Waals surface area contributed by atoms with Gasteiger partial charge in [0, 0.05) is 41.9 Å². The van der Waals surface area contributed by atoms with E-state index in [2.05, 4.69) is 15.7 Å². The molecule has 10 nitrogen and oxygen atoms in total. The number of halogens is 1. The average molecular weight is 602 g/mol. The molecule has 4 N–H and O–H groups in total. The van der Waals surface area contributed by atoms with E-state index in [0.29, 0.717) is 28.1 Å². The molecule has 2 aliphatic rings. The van der Waals surface area contributed by atoms with Crippen LogP contribution in [0, 0.1) is 11.7 Å². The summed E-state index contributed by atoms with van der Waals surface area (Å²) in [6.07, 6.45) is 3.30. The second kappa shape index (κ2) is 10.7. The molecule has 0 bridgehead atoms. The zero-order chi connectivity index (χ0) is 31.4. The molecule has 1 aliphatic heterocycles. The molecule has 44 heavy (non-hydrogen) atoms. The Kier molecular flexibility index (Phi) is 7.21. The van der Waals surface area contributed by atoms with Gasteiger partial charge in [0.25, 0.3) is 5.91 Å². The zero-order valence-corrected chi connectivity index (χ0v) is 25.1. The van der Waals surface area contributed by atoms with Crippen molar-refractivity contribution in [3.63, 3.8) is 0 Å². The van der Waals surface area contributed by atoms with Crippen LogP contribution < -0.4 is 15.4 Å². The summed E-state index contributed by atoms with van der Waals surface area (Å²) in [7, 11) is 1.81. The van der Waals surface area contributed by atoms with Crippen LogP contribution in [-0.4, -0.2) is 62.1 Å². The van der Waals surface area contributed by atoms with E-state index in [1.54, 1.807) is 61.9 Å². The highest BCUT2D eigenvalue weighted by Gasteiger charge is 2.50. The maximum atomic E-state index is 13.9. The molecule has 4 aromatic rings. The van der Waals surface area contributed by atoms with Gasteiger partial charge in [0.2, 0.25) is 5.91 Å². The largest absolute Gasteiger partial charge is 0.489 e. The third kappa shape index (κ3) is 5.53. The smallest absolute Gasteiger partial charge is 0.251 e. The van der Waals surface area contributed by atoms with E-state index in [9.17, 15) is 24.2 Å². The molecule has 0 radical (unpaired) electrons. The Hall–Kier alpha value is -4.35. The molecule has 1 aliphatic carbocycles. The Labute approximate surface area is 254 Å². The third-order valence-corrected chi connectivity index (χ3v) is 8.47. The van der Waals surface area contributed by atoms with Gasteiger partial charge >= 0.3 is 0 Å². The number of nitrogens with one attached hydrogen (secondary N) is 2. The maximum absolute atomic E-state index is 13.9. The number of aliphatic hydroxyl groups is 2. The number of aromatic nitrogens is 3. The summed E-state index contributed by atoms with van der Waals surface area (Å²) in [5.41, 5.74) is -0.918.